The Hall–Kier alpha value is -2.28. The zero-order valence-corrected chi connectivity index (χ0v) is 10.4. The molecule has 0 bridgehead atoms. The molecular weight excluding hydrogens is 218 g/mol. The van der Waals surface area contributed by atoms with Gasteiger partial charge in [-0.25, -0.2) is 0 Å². The lowest BCUT2D eigenvalue weighted by atomic mass is 10.1. The average Bonchev–Trinajstić information content (AvgIpc) is 2.82. The fourth-order valence-electron chi connectivity index (χ4n) is 2.08. The highest BCUT2D eigenvalue weighted by Gasteiger charge is 1.95. The van der Waals surface area contributed by atoms with E-state index in [9.17, 15) is 0 Å². The number of rotatable bonds is 2. The summed E-state index contributed by atoms with van der Waals surface area (Å²) in [7, 11) is 0. The number of fused-ring (bicyclic) bond motifs is 1. The third-order valence-corrected chi connectivity index (χ3v) is 3.13. The van der Waals surface area contributed by atoms with Crippen LogP contribution in [-0.4, -0.2) is 4.57 Å². The van der Waals surface area contributed by atoms with Crippen LogP contribution in [0.1, 0.15) is 11.1 Å². The molecule has 0 fully saturated rings. The maximum absolute atomic E-state index is 2.15. The van der Waals surface area contributed by atoms with Crippen molar-refractivity contribution in [2.45, 2.75) is 6.92 Å². The van der Waals surface area contributed by atoms with Crippen molar-refractivity contribution in [3.8, 4) is 0 Å². The Bertz CT molecular complexity index is 687. The summed E-state index contributed by atoms with van der Waals surface area (Å²) in [6.07, 6.45) is 6.33. The van der Waals surface area contributed by atoms with Gasteiger partial charge in [-0.15, -0.1) is 0 Å². The normalized spacial score (nSPS) is 11.4. The minimum Gasteiger partial charge on any atom is -0.323 e. The monoisotopic (exact) mass is 233 g/mol. The molecule has 3 rings (SSSR count). The van der Waals surface area contributed by atoms with Gasteiger partial charge in [0.05, 0.1) is 5.52 Å². The van der Waals surface area contributed by atoms with Gasteiger partial charge in [0, 0.05) is 12.4 Å². The maximum Gasteiger partial charge on any atom is 0.0522 e. The van der Waals surface area contributed by atoms with Crippen molar-refractivity contribution in [1.29, 1.82) is 0 Å². The third-order valence-electron chi connectivity index (χ3n) is 3.13. The molecule has 0 unspecified atom stereocenters. The Morgan fingerprint density at radius 1 is 0.889 bits per heavy atom. The number of hydrogen-bond acceptors (Lipinski definition) is 0. The molecule has 1 nitrogen and oxygen atoms in total. The molecule has 0 saturated heterocycles. The second-order valence-electron chi connectivity index (χ2n) is 4.51. The van der Waals surface area contributed by atoms with E-state index in [1.165, 1.54) is 22.0 Å². The molecule has 0 N–H and O–H groups in total. The molecule has 0 saturated carbocycles. The second kappa shape index (κ2) is 4.53. The summed E-state index contributed by atoms with van der Waals surface area (Å²) >= 11 is 0. The van der Waals surface area contributed by atoms with Crippen molar-refractivity contribution in [3.63, 3.8) is 0 Å². The van der Waals surface area contributed by atoms with E-state index in [-0.39, 0.29) is 0 Å². The Morgan fingerprint density at radius 3 is 2.50 bits per heavy atom. The fourth-order valence-corrected chi connectivity index (χ4v) is 2.08. The molecule has 0 aliphatic rings. The van der Waals surface area contributed by atoms with E-state index in [4.69, 9.17) is 0 Å². The molecule has 2 aromatic carbocycles. The van der Waals surface area contributed by atoms with E-state index >= 15 is 0 Å². The van der Waals surface area contributed by atoms with Crippen molar-refractivity contribution in [3.05, 3.63) is 71.9 Å². The summed E-state index contributed by atoms with van der Waals surface area (Å²) in [6, 6.07) is 19.1. The summed E-state index contributed by atoms with van der Waals surface area (Å²) in [6.45, 7) is 2.10. The Labute approximate surface area is 107 Å². The van der Waals surface area contributed by atoms with E-state index in [0.29, 0.717) is 0 Å². The minimum absolute atomic E-state index is 1.22. The van der Waals surface area contributed by atoms with Crippen LogP contribution in [0, 0.1) is 6.92 Å². The lowest BCUT2D eigenvalue weighted by Crippen LogP contribution is -1.82. The molecule has 0 radical (unpaired) electrons. The molecule has 0 atom stereocenters. The predicted molar refractivity (Wildman–Crippen MR) is 78.3 cm³/mol. The van der Waals surface area contributed by atoms with Gasteiger partial charge in [-0.2, -0.15) is 0 Å². The summed E-state index contributed by atoms with van der Waals surface area (Å²) in [5.41, 5.74) is 3.75. The van der Waals surface area contributed by atoms with Gasteiger partial charge in [-0.1, -0.05) is 48.0 Å². The van der Waals surface area contributed by atoms with E-state index in [2.05, 4.69) is 84.6 Å². The van der Waals surface area contributed by atoms with Crippen LogP contribution in [0.4, 0.5) is 0 Å². The van der Waals surface area contributed by atoms with Gasteiger partial charge >= 0.3 is 0 Å². The highest BCUT2D eigenvalue weighted by atomic mass is 14.9. The molecular formula is C17H15N. The van der Waals surface area contributed by atoms with Crippen LogP contribution in [0.3, 0.4) is 0 Å². The van der Waals surface area contributed by atoms with Crippen molar-refractivity contribution in [2.75, 3.05) is 0 Å². The quantitative estimate of drug-likeness (QED) is 0.610. The Kier molecular flexibility index (Phi) is 2.73. The lowest BCUT2D eigenvalue weighted by molar-refractivity contribution is 1.23. The Balaban J connectivity index is 1.94. The van der Waals surface area contributed by atoms with Crippen LogP contribution in [0.25, 0.3) is 23.2 Å². The summed E-state index contributed by atoms with van der Waals surface area (Å²) in [5, 5.41) is 1.27. The molecule has 1 heteroatoms. The van der Waals surface area contributed by atoms with Crippen LogP contribution in [0.15, 0.2) is 60.8 Å². The van der Waals surface area contributed by atoms with E-state index in [1.54, 1.807) is 0 Å². The summed E-state index contributed by atoms with van der Waals surface area (Å²) < 4.78 is 2.15. The van der Waals surface area contributed by atoms with E-state index < -0.39 is 0 Å². The van der Waals surface area contributed by atoms with Crippen molar-refractivity contribution < 1.29 is 0 Å². The van der Waals surface area contributed by atoms with Crippen molar-refractivity contribution in [2.24, 2.45) is 0 Å². The predicted octanol–water partition coefficient (Wildman–Crippen LogP) is 4.58. The lowest BCUT2D eigenvalue weighted by Gasteiger charge is -1.98. The van der Waals surface area contributed by atoms with Crippen LogP contribution < -0.4 is 0 Å². The number of nitrogens with zero attached hydrogens (tertiary/aromatic N) is 1. The average molecular weight is 233 g/mol. The largest absolute Gasteiger partial charge is 0.323 e. The zero-order chi connectivity index (χ0) is 12.4. The molecule has 88 valence electrons. The highest BCUT2D eigenvalue weighted by Crippen LogP contribution is 2.16. The van der Waals surface area contributed by atoms with E-state index in [0.717, 1.165) is 0 Å². The van der Waals surface area contributed by atoms with Crippen molar-refractivity contribution in [1.82, 2.24) is 4.57 Å². The van der Waals surface area contributed by atoms with Gasteiger partial charge in [-0.05, 0) is 36.1 Å². The topological polar surface area (TPSA) is 4.93 Å². The standard InChI is InChI=1S/C17H15N/c1-14-6-8-15(9-7-14)10-12-18-13-11-16-4-2-3-5-17(16)18/h2-13H,1H3/b12-10-. The van der Waals surface area contributed by atoms with Crippen LogP contribution in [0.2, 0.25) is 0 Å². The van der Waals surface area contributed by atoms with Gasteiger partial charge in [0.25, 0.3) is 0 Å². The molecule has 0 aliphatic heterocycles. The fraction of sp³-hybridized carbons (Fsp3) is 0.0588. The smallest absolute Gasteiger partial charge is 0.0522 e. The van der Waals surface area contributed by atoms with Crippen LogP contribution in [-0.2, 0) is 0 Å². The zero-order valence-electron chi connectivity index (χ0n) is 10.4. The molecule has 3 aromatic rings. The highest BCUT2D eigenvalue weighted by molar-refractivity contribution is 5.83. The third kappa shape index (κ3) is 2.07. The molecule has 0 spiro atoms. The van der Waals surface area contributed by atoms with Gasteiger partial charge in [-0.3, -0.25) is 0 Å². The molecule has 1 aromatic heterocycles. The van der Waals surface area contributed by atoms with Crippen LogP contribution in [0.5, 0.6) is 0 Å². The first kappa shape index (κ1) is 10.8. The number of para-hydroxylation sites is 1. The first-order chi connectivity index (χ1) is 8.83. The summed E-state index contributed by atoms with van der Waals surface area (Å²) in [5.74, 6) is 0. The number of benzene rings is 2. The summed E-state index contributed by atoms with van der Waals surface area (Å²) in [4.78, 5) is 0. The Morgan fingerprint density at radius 2 is 1.67 bits per heavy atom. The second-order valence-corrected chi connectivity index (χ2v) is 4.51. The van der Waals surface area contributed by atoms with E-state index in [1.807, 2.05) is 0 Å². The van der Waals surface area contributed by atoms with Crippen molar-refractivity contribution >= 4 is 23.2 Å². The molecule has 0 amide bonds. The van der Waals surface area contributed by atoms with Gasteiger partial charge in [0.15, 0.2) is 0 Å². The van der Waals surface area contributed by atoms with Gasteiger partial charge in [0.1, 0.15) is 0 Å². The molecule has 0 aliphatic carbocycles. The molecule has 1 heterocycles. The number of hydrogen-bond donors (Lipinski definition) is 0. The number of aryl methyl sites for hydroxylation is 1. The SMILES string of the molecule is Cc1ccc(/C=C\n2ccc3ccccc32)cc1. The minimum atomic E-state index is 1.22. The van der Waals surface area contributed by atoms with Gasteiger partial charge < -0.3 is 4.57 Å². The van der Waals surface area contributed by atoms with Gasteiger partial charge in [0.2, 0.25) is 0 Å². The van der Waals surface area contributed by atoms with Crippen LogP contribution >= 0.6 is 0 Å². The first-order valence-corrected chi connectivity index (χ1v) is 6.13. The number of aromatic nitrogens is 1. The first-order valence-electron chi connectivity index (χ1n) is 6.13. The molecule has 18 heavy (non-hydrogen) atoms. The maximum atomic E-state index is 2.15.